The van der Waals surface area contributed by atoms with Crippen molar-refractivity contribution in [3.05, 3.63) is 37.9 Å². The van der Waals surface area contributed by atoms with Crippen LogP contribution in [-0.4, -0.2) is 35.5 Å². The molecule has 0 aliphatic carbocycles. The van der Waals surface area contributed by atoms with Gasteiger partial charge >= 0.3 is 17.3 Å². The SMILES string of the molecule is CCOC(=O)c1cc([N+](=O)[O-])c(N2CCCC(C)C2)c([N+](=O)[O-])c1. The molecule has 0 bridgehead atoms. The molecule has 2 rings (SSSR count). The molecular weight excluding hydrogens is 318 g/mol. The predicted octanol–water partition coefficient (Wildman–Crippen LogP) is 2.92. The van der Waals surface area contributed by atoms with Crippen molar-refractivity contribution in [2.75, 3.05) is 24.6 Å². The molecule has 0 spiro atoms. The number of carbonyl (C=O) groups excluding carboxylic acids is 1. The Balaban J connectivity index is 2.60. The average Bonchev–Trinajstić information content (AvgIpc) is 2.53. The van der Waals surface area contributed by atoms with Gasteiger partial charge in [0, 0.05) is 25.2 Å². The fourth-order valence-corrected chi connectivity index (χ4v) is 2.93. The molecule has 1 aliphatic rings. The summed E-state index contributed by atoms with van der Waals surface area (Å²) in [7, 11) is 0. The lowest BCUT2D eigenvalue weighted by molar-refractivity contribution is -0.392. The van der Waals surface area contributed by atoms with Gasteiger partial charge in [0.05, 0.1) is 22.0 Å². The molecule has 1 saturated heterocycles. The van der Waals surface area contributed by atoms with Crippen molar-refractivity contribution in [3.8, 4) is 0 Å². The molecule has 0 saturated carbocycles. The minimum atomic E-state index is -0.817. The van der Waals surface area contributed by atoms with Crippen LogP contribution in [0.4, 0.5) is 17.1 Å². The molecular formula is C15H19N3O6. The lowest BCUT2D eigenvalue weighted by Gasteiger charge is -2.32. The standard InChI is InChI=1S/C15H19N3O6/c1-3-24-15(19)11-7-12(17(20)21)14(13(8-11)18(22)23)16-6-4-5-10(2)9-16/h7-8,10H,3-6,9H2,1-2H3. The minimum Gasteiger partial charge on any atom is -0.462 e. The Morgan fingerprint density at radius 1 is 1.29 bits per heavy atom. The van der Waals surface area contributed by atoms with Crippen LogP contribution < -0.4 is 4.90 Å². The molecule has 24 heavy (non-hydrogen) atoms. The molecule has 0 radical (unpaired) electrons. The summed E-state index contributed by atoms with van der Waals surface area (Å²) in [6, 6.07) is 2.11. The van der Waals surface area contributed by atoms with Gasteiger partial charge in [-0.15, -0.1) is 0 Å². The summed E-state index contributed by atoms with van der Waals surface area (Å²) in [4.78, 5) is 35.1. The smallest absolute Gasteiger partial charge is 0.338 e. The van der Waals surface area contributed by atoms with Crippen LogP contribution in [0.15, 0.2) is 12.1 Å². The van der Waals surface area contributed by atoms with Crippen molar-refractivity contribution in [3.63, 3.8) is 0 Å². The van der Waals surface area contributed by atoms with Gasteiger partial charge in [0.2, 0.25) is 0 Å². The highest BCUT2D eigenvalue weighted by molar-refractivity contribution is 5.94. The maximum Gasteiger partial charge on any atom is 0.338 e. The highest BCUT2D eigenvalue weighted by Crippen LogP contribution is 2.40. The summed E-state index contributed by atoms with van der Waals surface area (Å²) in [5.74, 6) is -0.537. The zero-order valence-corrected chi connectivity index (χ0v) is 13.6. The largest absolute Gasteiger partial charge is 0.462 e. The molecule has 1 unspecified atom stereocenters. The van der Waals surface area contributed by atoms with Crippen LogP contribution in [0.1, 0.15) is 37.0 Å². The van der Waals surface area contributed by atoms with Crippen LogP contribution >= 0.6 is 0 Å². The molecule has 9 nitrogen and oxygen atoms in total. The van der Waals surface area contributed by atoms with E-state index in [1.54, 1.807) is 11.8 Å². The van der Waals surface area contributed by atoms with Gasteiger partial charge in [-0.1, -0.05) is 6.92 Å². The van der Waals surface area contributed by atoms with Gasteiger partial charge < -0.3 is 9.64 Å². The Morgan fingerprint density at radius 3 is 2.33 bits per heavy atom. The number of piperidine rings is 1. The first-order valence-electron chi connectivity index (χ1n) is 7.74. The number of rotatable bonds is 5. The molecule has 0 amide bonds. The second-order valence-corrected chi connectivity index (χ2v) is 5.79. The van der Waals surface area contributed by atoms with Crippen molar-refractivity contribution in [2.24, 2.45) is 5.92 Å². The third-order valence-corrected chi connectivity index (χ3v) is 3.95. The zero-order valence-electron chi connectivity index (χ0n) is 13.6. The Morgan fingerprint density at radius 2 is 1.88 bits per heavy atom. The zero-order chi connectivity index (χ0) is 17.9. The number of nitro benzene ring substituents is 2. The van der Waals surface area contributed by atoms with Gasteiger partial charge in [0.25, 0.3) is 0 Å². The molecule has 130 valence electrons. The molecule has 0 aromatic heterocycles. The van der Waals surface area contributed by atoms with Gasteiger partial charge in [0.1, 0.15) is 0 Å². The quantitative estimate of drug-likeness (QED) is 0.460. The first-order chi connectivity index (χ1) is 11.3. The third-order valence-electron chi connectivity index (χ3n) is 3.95. The first-order valence-corrected chi connectivity index (χ1v) is 7.74. The van der Waals surface area contributed by atoms with Crippen LogP contribution in [0.25, 0.3) is 0 Å². The monoisotopic (exact) mass is 337 g/mol. The number of hydrogen-bond acceptors (Lipinski definition) is 7. The maximum atomic E-state index is 11.9. The fraction of sp³-hybridized carbons (Fsp3) is 0.533. The van der Waals surface area contributed by atoms with Crippen molar-refractivity contribution < 1.29 is 19.4 Å². The normalized spacial score (nSPS) is 17.4. The van der Waals surface area contributed by atoms with Gasteiger partial charge in [0.15, 0.2) is 5.69 Å². The van der Waals surface area contributed by atoms with Crippen molar-refractivity contribution in [2.45, 2.75) is 26.7 Å². The Kier molecular flexibility index (Phi) is 5.32. The molecule has 1 atom stereocenters. The van der Waals surface area contributed by atoms with E-state index in [1.807, 2.05) is 6.92 Å². The number of benzene rings is 1. The summed E-state index contributed by atoms with van der Waals surface area (Å²) >= 11 is 0. The van der Waals surface area contributed by atoms with Crippen LogP contribution in [0.2, 0.25) is 0 Å². The lowest BCUT2D eigenvalue weighted by atomic mass is 9.98. The van der Waals surface area contributed by atoms with Crippen molar-refractivity contribution in [1.82, 2.24) is 0 Å². The fourth-order valence-electron chi connectivity index (χ4n) is 2.93. The number of anilines is 1. The van der Waals surface area contributed by atoms with Gasteiger partial charge in [-0.2, -0.15) is 0 Å². The Hall–Kier alpha value is -2.71. The predicted molar refractivity (Wildman–Crippen MR) is 86.3 cm³/mol. The number of carbonyl (C=O) groups is 1. The van der Waals surface area contributed by atoms with Crippen LogP contribution in [0.5, 0.6) is 0 Å². The number of nitrogens with zero attached hydrogens (tertiary/aromatic N) is 3. The van der Waals surface area contributed by atoms with E-state index in [2.05, 4.69) is 0 Å². The molecule has 1 aliphatic heterocycles. The van der Waals surface area contributed by atoms with E-state index in [9.17, 15) is 25.0 Å². The number of esters is 1. The lowest BCUT2D eigenvalue weighted by Crippen LogP contribution is -2.35. The summed E-state index contributed by atoms with van der Waals surface area (Å²) in [5, 5.41) is 22.9. The molecule has 9 heteroatoms. The second-order valence-electron chi connectivity index (χ2n) is 5.79. The van der Waals surface area contributed by atoms with Crippen LogP contribution in [0, 0.1) is 26.1 Å². The van der Waals surface area contributed by atoms with E-state index in [0.717, 1.165) is 25.0 Å². The molecule has 1 aromatic rings. The Bertz CT molecular complexity index is 640. The average molecular weight is 337 g/mol. The summed E-state index contributed by atoms with van der Waals surface area (Å²) in [5.41, 5.74) is -1.11. The topological polar surface area (TPSA) is 116 Å². The van der Waals surface area contributed by atoms with E-state index in [0.29, 0.717) is 13.1 Å². The van der Waals surface area contributed by atoms with E-state index in [4.69, 9.17) is 4.74 Å². The van der Waals surface area contributed by atoms with Crippen LogP contribution in [0.3, 0.4) is 0 Å². The first kappa shape index (κ1) is 17.6. The molecule has 0 N–H and O–H groups in total. The molecule has 1 heterocycles. The van der Waals surface area contributed by atoms with Crippen molar-refractivity contribution in [1.29, 1.82) is 0 Å². The van der Waals surface area contributed by atoms with Crippen molar-refractivity contribution >= 4 is 23.0 Å². The highest BCUT2D eigenvalue weighted by Gasteiger charge is 2.34. The number of hydrogen-bond donors (Lipinski definition) is 0. The third kappa shape index (κ3) is 3.61. The highest BCUT2D eigenvalue weighted by atomic mass is 16.6. The second kappa shape index (κ2) is 7.24. The van der Waals surface area contributed by atoms with E-state index in [1.165, 1.54) is 0 Å². The van der Waals surface area contributed by atoms with E-state index in [-0.39, 0.29) is 23.8 Å². The summed E-state index contributed by atoms with van der Waals surface area (Å²) in [6.45, 7) is 4.66. The van der Waals surface area contributed by atoms with Gasteiger partial charge in [-0.25, -0.2) is 4.79 Å². The summed E-state index contributed by atoms with van der Waals surface area (Å²) < 4.78 is 4.80. The summed E-state index contributed by atoms with van der Waals surface area (Å²) in [6.07, 6.45) is 1.77. The van der Waals surface area contributed by atoms with Gasteiger partial charge in [-0.05, 0) is 25.7 Å². The number of ether oxygens (including phenoxy) is 1. The van der Waals surface area contributed by atoms with E-state index >= 15 is 0 Å². The minimum absolute atomic E-state index is 0.0374. The molecule has 1 fully saturated rings. The van der Waals surface area contributed by atoms with Crippen LogP contribution in [-0.2, 0) is 4.74 Å². The Labute approximate surface area is 138 Å². The molecule has 1 aromatic carbocycles. The van der Waals surface area contributed by atoms with E-state index < -0.39 is 27.2 Å². The van der Waals surface area contributed by atoms with Gasteiger partial charge in [-0.3, -0.25) is 20.2 Å². The maximum absolute atomic E-state index is 11.9. The number of nitro groups is 2.